The Labute approximate surface area is 142 Å². The van der Waals surface area contributed by atoms with E-state index in [-0.39, 0.29) is 5.60 Å². The Kier molecular flexibility index (Phi) is 4.83. The van der Waals surface area contributed by atoms with E-state index in [1.54, 1.807) is 12.4 Å². The minimum absolute atomic E-state index is 0.0234. The van der Waals surface area contributed by atoms with Crippen molar-refractivity contribution in [2.24, 2.45) is 5.92 Å². The van der Waals surface area contributed by atoms with Gasteiger partial charge in [0.1, 0.15) is 5.82 Å². The molecule has 0 aliphatic carbocycles. The molecule has 2 aromatic heterocycles. The summed E-state index contributed by atoms with van der Waals surface area (Å²) < 4.78 is 5.77. The van der Waals surface area contributed by atoms with Crippen LogP contribution in [0.2, 0.25) is 5.02 Å². The van der Waals surface area contributed by atoms with E-state index < -0.39 is 0 Å². The number of halogens is 1. The maximum absolute atomic E-state index is 6.20. The summed E-state index contributed by atoms with van der Waals surface area (Å²) in [5, 5.41) is 4.07. The topological polar surface area (TPSA) is 47.0 Å². The first-order valence-electron chi connectivity index (χ1n) is 7.98. The summed E-state index contributed by atoms with van der Waals surface area (Å²) in [6.07, 6.45) is 5.53. The van der Waals surface area contributed by atoms with Crippen molar-refractivity contribution in [3.8, 4) is 11.3 Å². The van der Waals surface area contributed by atoms with Crippen molar-refractivity contribution >= 4 is 17.4 Å². The van der Waals surface area contributed by atoms with Crippen molar-refractivity contribution < 1.29 is 4.74 Å². The average molecular weight is 332 g/mol. The fourth-order valence-electron chi connectivity index (χ4n) is 3.05. The van der Waals surface area contributed by atoms with Crippen LogP contribution in [0.1, 0.15) is 26.7 Å². The van der Waals surface area contributed by atoms with Crippen LogP contribution in [-0.4, -0.2) is 28.7 Å². The molecule has 122 valence electrons. The summed E-state index contributed by atoms with van der Waals surface area (Å²) >= 11 is 6.20. The van der Waals surface area contributed by atoms with Crippen LogP contribution >= 0.6 is 11.6 Å². The lowest BCUT2D eigenvalue weighted by atomic mass is 9.88. The summed E-state index contributed by atoms with van der Waals surface area (Å²) in [6.45, 7) is 6.06. The molecule has 3 rings (SSSR count). The summed E-state index contributed by atoms with van der Waals surface area (Å²) in [7, 11) is 0. The van der Waals surface area contributed by atoms with Gasteiger partial charge in [-0.3, -0.25) is 4.98 Å². The normalized spacial score (nSPS) is 20.2. The molecule has 0 saturated carbocycles. The van der Waals surface area contributed by atoms with Gasteiger partial charge >= 0.3 is 0 Å². The first kappa shape index (κ1) is 16.2. The summed E-state index contributed by atoms with van der Waals surface area (Å²) in [6, 6.07) is 7.83. The highest BCUT2D eigenvalue weighted by Gasteiger charge is 2.28. The maximum Gasteiger partial charge on any atom is 0.126 e. The number of pyridine rings is 2. The van der Waals surface area contributed by atoms with Crippen LogP contribution in [0, 0.1) is 5.92 Å². The van der Waals surface area contributed by atoms with Gasteiger partial charge in [0.05, 0.1) is 16.3 Å². The second-order valence-corrected chi connectivity index (χ2v) is 7.02. The Balaban J connectivity index is 1.68. The Bertz CT molecular complexity index is 675. The molecule has 4 nitrogen and oxygen atoms in total. The van der Waals surface area contributed by atoms with Crippen LogP contribution in [-0.2, 0) is 4.74 Å². The van der Waals surface area contributed by atoms with Crippen LogP contribution in [0.3, 0.4) is 0 Å². The first-order chi connectivity index (χ1) is 11.0. The zero-order valence-electron chi connectivity index (χ0n) is 13.6. The smallest absolute Gasteiger partial charge is 0.126 e. The number of hydrogen-bond acceptors (Lipinski definition) is 4. The fourth-order valence-corrected chi connectivity index (χ4v) is 3.26. The van der Waals surface area contributed by atoms with E-state index in [1.165, 1.54) is 0 Å². The quantitative estimate of drug-likeness (QED) is 0.901. The number of hydrogen-bond donors (Lipinski definition) is 1. The van der Waals surface area contributed by atoms with Gasteiger partial charge in [0.2, 0.25) is 0 Å². The molecule has 0 unspecified atom stereocenters. The number of nitrogens with zero attached hydrogens (tertiary/aromatic N) is 2. The molecule has 1 fully saturated rings. The third kappa shape index (κ3) is 4.21. The molecule has 1 saturated heterocycles. The van der Waals surface area contributed by atoms with Gasteiger partial charge in [-0.25, -0.2) is 4.98 Å². The lowest BCUT2D eigenvalue weighted by Crippen LogP contribution is -2.36. The molecule has 1 aliphatic heterocycles. The van der Waals surface area contributed by atoms with Gasteiger partial charge in [-0.1, -0.05) is 17.7 Å². The Hall–Kier alpha value is -1.65. The van der Waals surface area contributed by atoms with Crippen LogP contribution in [0.4, 0.5) is 5.82 Å². The fraction of sp³-hybridized carbons (Fsp3) is 0.444. The number of aromatic nitrogens is 2. The second kappa shape index (κ2) is 6.85. The molecular formula is C18H22ClN3O. The Morgan fingerprint density at radius 3 is 3.00 bits per heavy atom. The Morgan fingerprint density at radius 2 is 2.22 bits per heavy atom. The molecule has 0 aromatic carbocycles. The van der Waals surface area contributed by atoms with Crippen molar-refractivity contribution in [2.75, 3.05) is 18.5 Å². The maximum atomic E-state index is 6.20. The van der Waals surface area contributed by atoms with E-state index in [1.807, 2.05) is 24.3 Å². The van der Waals surface area contributed by atoms with E-state index in [9.17, 15) is 0 Å². The zero-order chi connectivity index (χ0) is 16.3. The van der Waals surface area contributed by atoms with Crippen LogP contribution in [0.25, 0.3) is 11.3 Å². The number of ether oxygens (including phenoxy) is 1. The standard InChI is InChI=1S/C18H22ClN3O/c1-18(2)10-13(7-9-23-18)11-21-17-5-3-4-16(22-17)14-6-8-20-12-15(14)19/h3-6,8,12-13H,7,9-11H2,1-2H3,(H,21,22)/t13-/m1/s1. The second-order valence-electron chi connectivity index (χ2n) is 6.61. The third-order valence-corrected chi connectivity index (χ3v) is 4.47. The highest BCUT2D eigenvalue weighted by molar-refractivity contribution is 6.33. The molecule has 5 heteroatoms. The number of rotatable bonds is 4. The summed E-state index contributed by atoms with van der Waals surface area (Å²) in [5.41, 5.74) is 1.73. The minimum atomic E-state index is -0.0234. The van der Waals surface area contributed by atoms with Gasteiger partial charge < -0.3 is 10.1 Å². The molecule has 1 aliphatic rings. The van der Waals surface area contributed by atoms with Gasteiger partial charge in [0.15, 0.2) is 0 Å². The SMILES string of the molecule is CC1(C)C[C@H](CNc2cccc(-c3ccncc3Cl)n2)CCO1. The Morgan fingerprint density at radius 1 is 1.35 bits per heavy atom. The molecule has 1 atom stereocenters. The number of anilines is 1. The lowest BCUT2D eigenvalue weighted by Gasteiger charge is -2.35. The van der Waals surface area contributed by atoms with Crippen LogP contribution in [0.15, 0.2) is 36.7 Å². The van der Waals surface area contributed by atoms with Gasteiger partial charge in [0.25, 0.3) is 0 Å². The van der Waals surface area contributed by atoms with E-state index in [0.29, 0.717) is 10.9 Å². The summed E-state index contributed by atoms with van der Waals surface area (Å²) in [4.78, 5) is 8.69. The van der Waals surface area contributed by atoms with E-state index in [4.69, 9.17) is 16.3 Å². The van der Waals surface area contributed by atoms with Crippen molar-refractivity contribution in [3.63, 3.8) is 0 Å². The minimum Gasteiger partial charge on any atom is -0.376 e. The molecule has 0 spiro atoms. The van der Waals surface area contributed by atoms with Crippen LogP contribution in [0.5, 0.6) is 0 Å². The highest BCUT2D eigenvalue weighted by atomic mass is 35.5. The predicted molar refractivity (Wildman–Crippen MR) is 93.7 cm³/mol. The molecule has 0 bridgehead atoms. The van der Waals surface area contributed by atoms with Gasteiger partial charge in [-0.15, -0.1) is 0 Å². The van der Waals surface area contributed by atoms with Gasteiger partial charge in [-0.2, -0.15) is 0 Å². The van der Waals surface area contributed by atoms with Crippen molar-refractivity contribution in [3.05, 3.63) is 41.7 Å². The molecule has 1 N–H and O–H groups in total. The van der Waals surface area contributed by atoms with Gasteiger partial charge in [-0.05, 0) is 50.8 Å². The van der Waals surface area contributed by atoms with Crippen molar-refractivity contribution in [1.82, 2.24) is 9.97 Å². The largest absolute Gasteiger partial charge is 0.376 e. The summed E-state index contributed by atoms with van der Waals surface area (Å²) in [5.74, 6) is 1.48. The monoisotopic (exact) mass is 331 g/mol. The predicted octanol–water partition coefficient (Wildman–Crippen LogP) is 4.41. The van der Waals surface area contributed by atoms with E-state index >= 15 is 0 Å². The molecule has 3 heterocycles. The van der Waals surface area contributed by atoms with Crippen molar-refractivity contribution in [1.29, 1.82) is 0 Å². The van der Waals surface area contributed by atoms with E-state index in [0.717, 1.165) is 43.1 Å². The van der Waals surface area contributed by atoms with Crippen LogP contribution < -0.4 is 5.32 Å². The highest BCUT2D eigenvalue weighted by Crippen LogP contribution is 2.29. The molecular weight excluding hydrogens is 310 g/mol. The van der Waals surface area contributed by atoms with Gasteiger partial charge in [0, 0.05) is 31.1 Å². The first-order valence-corrected chi connectivity index (χ1v) is 8.36. The lowest BCUT2D eigenvalue weighted by molar-refractivity contribution is -0.0699. The van der Waals surface area contributed by atoms with E-state index in [2.05, 4.69) is 29.1 Å². The van der Waals surface area contributed by atoms with Crippen molar-refractivity contribution in [2.45, 2.75) is 32.3 Å². The average Bonchev–Trinajstić information content (AvgIpc) is 2.53. The molecule has 23 heavy (non-hydrogen) atoms. The third-order valence-electron chi connectivity index (χ3n) is 4.17. The number of nitrogens with one attached hydrogen (secondary N) is 1. The molecule has 2 aromatic rings. The zero-order valence-corrected chi connectivity index (χ0v) is 14.3. The molecule has 0 amide bonds. The molecule has 0 radical (unpaired) electrons.